The number of ether oxygens (including phenoxy) is 3. The minimum Gasteiger partial charge on any atom is -0.468 e. The second-order valence-electron chi connectivity index (χ2n) is 11.4. The number of benzene rings is 2. The third-order valence-electron chi connectivity index (χ3n) is 8.32. The normalized spacial score (nSPS) is 22.9. The molecule has 11 heteroatoms. The van der Waals surface area contributed by atoms with E-state index in [1.807, 2.05) is 43.3 Å². The predicted octanol–water partition coefficient (Wildman–Crippen LogP) is 6.00. The van der Waals surface area contributed by atoms with Gasteiger partial charge in [0.15, 0.2) is 0 Å². The van der Waals surface area contributed by atoms with Crippen molar-refractivity contribution in [1.82, 2.24) is 10.2 Å². The van der Waals surface area contributed by atoms with Gasteiger partial charge in [-0.05, 0) is 61.7 Å². The average Bonchev–Trinajstić information content (AvgIpc) is 3.44. The number of rotatable bonds is 11. The number of carbonyl (C=O) groups is 3. The number of fused-ring (bicyclic) bond motifs is 1. The summed E-state index contributed by atoms with van der Waals surface area (Å²) < 4.78 is 23.2. The van der Waals surface area contributed by atoms with Crippen LogP contribution in [-0.2, 0) is 48.3 Å². The second kappa shape index (κ2) is 14.2. The number of piperidine rings is 1. The SMILES string of the molecule is COC(=O)[C@]12C[C@H](CC(=O)NCc3ccc(C)o3)C(=O)N(Cc3ccc(Cl)cc3Cl)C1=C[C@H](COCc1ccccc1)O[C@@H]2C. The van der Waals surface area contributed by atoms with Crippen LogP contribution < -0.4 is 5.32 Å². The Bertz CT molecular complexity index is 1570. The van der Waals surface area contributed by atoms with E-state index in [0.717, 1.165) is 11.3 Å². The molecule has 1 fully saturated rings. The molecule has 4 atom stereocenters. The summed E-state index contributed by atoms with van der Waals surface area (Å²) in [6.07, 6.45) is 0.388. The number of halogens is 2. The van der Waals surface area contributed by atoms with Crippen LogP contribution in [0.15, 0.2) is 76.9 Å². The molecule has 0 saturated carbocycles. The Morgan fingerprint density at radius 2 is 1.89 bits per heavy atom. The molecule has 0 radical (unpaired) electrons. The smallest absolute Gasteiger partial charge is 0.320 e. The molecule has 238 valence electrons. The Labute approximate surface area is 272 Å². The highest BCUT2D eigenvalue weighted by Gasteiger charge is 2.59. The number of hydrogen-bond donors (Lipinski definition) is 1. The molecular weight excluding hydrogens is 619 g/mol. The van der Waals surface area contributed by atoms with E-state index in [1.54, 1.807) is 37.3 Å². The van der Waals surface area contributed by atoms with Crippen LogP contribution in [0.1, 0.15) is 42.4 Å². The van der Waals surface area contributed by atoms with E-state index in [0.29, 0.717) is 33.7 Å². The van der Waals surface area contributed by atoms with Crippen LogP contribution in [0.3, 0.4) is 0 Å². The molecule has 3 aromatic rings. The van der Waals surface area contributed by atoms with Gasteiger partial charge in [-0.25, -0.2) is 0 Å². The molecule has 9 nitrogen and oxygen atoms in total. The topological polar surface area (TPSA) is 107 Å². The van der Waals surface area contributed by atoms with Crippen molar-refractivity contribution in [2.24, 2.45) is 11.3 Å². The van der Waals surface area contributed by atoms with Gasteiger partial charge >= 0.3 is 5.97 Å². The summed E-state index contributed by atoms with van der Waals surface area (Å²) in [6, 6.07) is 18.4. The monoisotopic (exact) mass is 654 g/mol. The van der Waals surface area contributed by atoms with Crippen LogP contribution in [0, 0.1) is 18.3 Å². The quantitative estimate of drug-likeness (QED) is 0.253. The number of esters is 1. The lowest BCUT2D eigenvalue weighted by Crippen LogP contribution is -2.60. The Morgan fingerprint density at radius 3 is 2.58 bits per heavy atom. The van der Waals surface area contributed by atoms with Crippen molar-refractivity contribution in [3.63, 3.8) is 0 Å². The Morgan fingerprint density at radius 1 is 1.11 bits per heavy atom. The van der Waals surface area contributed by atoms with Crippen molar-refractivity contribution < 1.29 is 33.0 Å². The summed E-state index contributed by atoms with van der Waals surface area (Å²) >= 11 is 12.7. The van der Waals surface area contributed by atoms with Gasteiger partial charge < -0.3 is 28.8 Å². The summed E-state index contributed by atoms with van der Waals surface area (Å²) in [7, 11) is 1.31. The molecule has 0 unspecified atom stereocenters. The van der Waals surface area contributed by atoms with Gasteiger partial charge in [-0.3, -0.25) is 14.4 Å². The van der Waals surface area contributed by atoms with Gasteiger partial charge in [0.2, 0.25) is 11.8 Å². The highest BCUT2D eigenvalue weighted by atomic mass is 35.5. The van der Waals surface area contributed by atoms with Crippen molar-refractivity contribution >= 4 is 41.0 Å². The first-order valence-corrected chi connectivity index (χ1v) is 15.5. The maximum Gasteiger partial charge on any atom is 0.320 e. The zero-order valence-electron chi connectivity index (χ0n) is 25.4. The first kappa shape index (κ1) is 32.8. The number of aryl methyl sites for hydroxylation is 1. The highest BCUT2D eigenvalue weighted by molar-refractivity contribution is 6.35. The van der Waals surface area contributed by atoms with Crippen LogP contribution in [-0.4, -0.2) is 48.6 Å². The summed E-state index contributed by atoms with van der Waals surface area (Å²) in [4.78, 5) is 42.6. The van der Waals surface area contributed by atoms with E-state index in [2.05, 4.69) is 5.32 Å². The Kier molecular flexibility index (Phi) is 10.3. The molecule has 0 bridgehead atoms. The highest BCUT2D eigenvalue weighted by Crippen LogP contribution is 2.51. The predicted molar refractivity (Wildman–Crippen MR) is 168 cm³/mol. The minimum absolute atomic E-state index is 0.0290. The Hall–Kier alpha value is -3.63. The zero-order chi connectivity index (χ0) is 32.1. The van der Waals surface area contributed by atoms with Crippen LogP contribution >= 0.6 is 23.2 Å². The third-order valence-corrected chi connectivity index (χ3v) is 8.91. The fourth-order valence-electron chi connectivity index (χ4n) is 6.06. The summed E-state index contributed by atoms with van der Waals surface area (Å²) in [5, 5.41) is 3.65. The number of likely N-dealkylation sites (tertiary alicyclic amines) is 1. The standard InChI is InChI=1S/C34H36Cl2N2O7/c1-21-9-12-27(44-21)17-37-31(39)13-25-16-34(33(41)42-3)22(2)45-28(20-43-19-23-7-5-4-6-8-23)15-30(34)38(32(25)40)18-24-10-11-26(35)14-29(24)36/h4-12,14-15,22,25,28H,13,16-20H2,1-3H3,(H,37,39)/t22-,25+,28-,34+/m1/s1. The van der Waals surface area contributed by atoms with E-state index in [-0.39, 0.29) is 44.4 Å². The van der Waals surface area contributed by atoms with E-state index >= 15 is 0 Å². The minimum atomic E-state index is -1.36. The van der Waals surface area contributed by atoms with E-state index < -0.39 is 29.5 Å². The van der Waals surface area contributed by atoms with Crippen molar-refractivity contribution in [3.8, 4) is 0 Å². The number of hydrogen-bond acceptors (Lipinski definition) is 7. The number of furan rings is 1. The van der Waals surface area contributed by atoms with Crippen LogP contribution in [0.4, 0.5) is 0 Å². The van der Waals surface area contributed by atoms with Gasteiger partial charge in [-0.2, -0.15) is 0 Å². The molecule has 2 aliphatic rings. The van der Waals surface area contributed by atoms with E-state index in [9.17, 15) is 14.4 Å². The maximum absolute atomic E-state index is 14.2. The summed E-state index contributed by atoms with van der Waals surface area (Å²) in [5.74, 6) is -0.734. The van der Waals surface area contributed by atoms with Gasteiger partial charge in [0.1, 0.15) is 23.0 Å². The number of amides is 2. The molecule has 2 aliphatic heterocycles. The lowest BCUT2D eigenvalue weighted by Gasteiger charge is -2.51. The van der Waals surface area contributed by atoms with E-state index in [1.165, 1.54) is 12.0 Å². The first-order valence-electron chi connectivity index (χ1n) is 14.8. The van der Waals surface area contributed by atoms with Crippen molar-refractivity contribution in [2.45, 2.75) is 58.6 Å². The third kappa shape index (κ3) is 7.28. The largest absolute Gasteiger partial charge is 0.468 e. The maximum atomic E-state index is 14.2. The van der Waals surface area contributed by atoms with Crippen molar-refractivity contribution in [2.75, 3.05) is 13.7 Å². The molecule has 1 saturated heterocycles. The van der Waals surface area contributed by atoms with Gasteiger partial charge in [0, 0.05) is 28.1 Å². The fraction of sp³-hybridized carbons (Fsp3) is 0.382. The molecule has 1 N–H and O–H groups in total. The fourth-order valence-corrected chi connectivity index (χ4v) is 6.53. The number of methoxy groups -OCH3 is 1. The van der Waals surface area contributed by atoms with Crippen LogP contribution in [0.25, 0.3) is 0 Å². The molecule has 1 aromatic heterocycles. The van der Waals surface area contributed by atoms with Gasteiger partial charge in [-0.15, -0.1) is 0 Å². The lowest BCUT2D eigenvalue weighted by atomic mass is 9.66. The average molecular weight is 656 g/mol. The molecule has 3 heterocycles. The summed E-state index contributed by atoms with van der Waals surface area (Å²) in [5.41, 5.74) is 0.720. The first-order chi connectivity index (χ1) is 21.6. The second-order valence-corrected chi connectivity index (χ2v) is 12.2. The zero-order valence-corrected chi connectivity index (χ0v) is 26.9. The van der Waals surface area contributed by atoms with Crippen LogP contribution in [0.2, 0.25) is 10.0 Å². The molecule has 0 aliphatic carbocycles. The Balaban J connectivity index is 1.45. The van der Waals surface area contributed by atoms with Crippen molar-refractivity contribution in [1.29, 1.82) is 0 Å². The lowest BCUT2D eigenvalue weighted by molar-refractivity contribution is -0.178. The van der Waals surface area contributed by atoms with Gasteiger partial charge in [0.25, 0.3) is 0 Å². The van der Waals surface area contributed by atoms with Crippen LogP contribution in [0.5, 0.6) is 0 Å². The molecule has 5 rings (SSSR count). The number of nitrogens with one attached hydrogen (secondary N) is 1. The van der Waals surface area contributed by atoms with Gasteiger partial charge in [0.05, 0.1) is 39.5 Å². The number of carbonyl (C=O) groups excluding carboxylic acids is 3. The van der Waals surface area contributed by atoms with E-state index in [4.69, 9.17) is 41.8 Å². The number of nitrogens with zero attached hydrogens (tertiary/aromatic N) is 1. The molecule has 2 amide bonds. The molecular formula is C34H36Cl2N2O7. The molecule has 0 spiro atoms. The van der Waals surface area contributed by atoms with Gasteiger partial charge in [-0.1, -0.05) is 59.6 Å². The molecule has 45 heavy (non-hydrogen) atoms. The summed E-state index contributed by atoms with van der Waals surface area (Å²) in [6.45, 7) is 4.40. The van der Waals surface area contributed by atoms with Crippen molar-refractivity contribution in [3.05, 3.63) is 105 Å². The molecule has 2 aromatic carbocycles.